The molecule has 168 valence electrons. The Bertz CT molecular complexity index is 1060. The van der Waals surface area contributed by atoms with Crippen LogP contribution in [0, 0.1) is 13.8 Å². The first-order chi connectivity index (χ1) is 15.3. The molecule has 1 N–H and O–H groups in total. The minimum Gasteiger partial charge on any atom is -0.507 e. The van der Waals surface area contributed by atoms with Crippen molar-refractivity contribution < 1.29 is 14.7 Å². The minimum atomic E-state index is -0.587. The molecule has 1 heterocycles. The number of aliphatic hydroxyl groups excluding tert-OH is 1. The fourth-order valence-corrected chi connectivity index (χ4v) is 5.00. The van der Waals surface area contributed by atoms with Crippen molar-refractivity contribution in [3.63, 3.8) is 0 Å². The Hall–Kier alpha value is -3.08. The maximum atomic E-state index is 13.3. The summed E-state index contributed by atoms with van der Waals surface area (Å²) in [6.45, 7) is 3.86. The summed E-state index contributed by atoms with van der Waals surface area (Å²) in [6.07, 6.45) is 5.05. The Morgan fingerprint density at radius 1 is 0.969 bits per heavy atom. The van der Waals surface area contributed by atoms with Gasteiger partial charge in [0.15, 0.2) is 0 Å². The zero-order valence-corrected chi connectivity index (χ0v) is 19.4. The number of Topliss-reactive ketones (excluding diaryl/α,β-unsaturated/α-hetero) is 1. The number of aliphatic hydroxyl groups is 1. The van der Waals surface area contributed by atoms with Crippen LogP contribution in [0.3, 0.4) is 0 Å². The molecule has 1 aliphatic carbocycles. The number of hydrogen-bond donors (Lipinski definition) is 1. The summed E-state index contributed by atoms with van der Waals surface area (Å²) >= 11 is 0. The van der Waals surface area contributed by atoms with Crippen LogP contribution in [-0.2, 0) is 9.59 Å². The van der Waals surface area contributed by atoms with E-state index in [0.717, 1.165) is 54.5 Å². The molecule has 1 aliphatic heterocycles. The van der Waals surface area contributed by atoms with E-state index in [4.69, 9.17) is 0 Å². The Kier molecular flexibility index (Phi) is 6.09. The van der Waals surface area contributed by atoms with Gasteiger partial charge in [-0.25, -0.2) is 0 Å². The number of benzene rings is 2. The molecule has 1 unspecified atom stereocenters. The maximum absolute atomic E-state index is 13.3. The highest BCUT2D eigenvalue weighted by Crippen LogP contribution is 2.43. The Morgan fingerprint density at radius 2 is 1.62 bits per heavy atom. The second kappa shape index (κ2) is 8.81. The quantitative estimate of drug-likeness (QED) is 0.414. The number of hydrogen-bond acceptors (Lipinski definition) is 4. The summed E-state index contributed by atoms with van der Waals surface area (Å²) in [5.41, 5.74) is 4.57. The summed E-state index contributed by atoms with van der Waals surface area (Å²) in [4.78, 5) is 30.4. The van der Waals surface area contributed by atoms with Crippen LogP contribution in [0.5, 0.6) is 0 Å². The molecule has 1 saturated carbocycles. The number of amides is 1. The Labute approximate surface area is 190 Å². The molecule has 2 aromatic carbocycles. The van der Waals surface area contributed by atoms with E-state index in [2.05, 4.69) is 0 Å². The van der Waals surface area contributed by atoms with Crippen LogP contribution in [0.1, 0.15) is 60.4 Å². The van der Waals surface area contributed by atoms with E-state index in [1.165, 1.54) is 0 Å². The van der Waals surface area contributed by atoms with Crippen molar-refractivity contribution in [3.8, 4) is 0 Å². The highest BCUT2D eigenvalue weighted by atomic mass is 16.3. The zero-order valence-electron chi connectivity index (χ0n) is 19.4. The standard InChI is InChI=1S/C27H32N2O3/c1-17-10-11-18(2)22(16-17)25(30)23-24(19-12-14-20(15-13-19)28(3)4)29(27(32)26(23)31)21-8-6-5-7-9-21/h10-16,21,24,30H,5-9H2,1-4H3/b25-23+. The van der Waals surface area contributed by atoms with Gasteiger partial charge in [-0.15, -0.1) is 0 Å². The average Bonchev–Trinajstić information content (AvgIpc) is 3.06. The number of nitrogens with zero attached hydrogens (tertiary/aromatic N) is 2. The SMILES string of the molecule is Cc1ccc(C)c(/C(O)=C2\C(=O)C(=O)N(C3CCCCC3)C2c2ccc(N(C)C)cc2)c1. The van der Waals surface area contributed by atoms with Crippen molar-refractivity contribution in [2.75, 3.05) is 19.0 Å². The maximum Gasteiger partial charge on any atom is 0.295 e. The number of ketones is 1. The van der Waals surface area contributed by atoms with Gasteiger partial charge in [0, 0.05) is 31.4 Å². The molecule has 0 spiro atoms. The van der Waals surface area contributed by atoms with Gasteiger partial charge in [0.05, 0.1) is 11.6 Å². The van der Waals surface area contributed by atoms with Gasteiger partial charge in [0.25, 0.3) is 11.7 Å². The van der Waals surface area contributed by atoms with Crippen molar-refractivity contribution >= 4 is 23.1 Å². The smallest absolute Gasteiger partial charge is 0.295 e. The molecule has 1 amide bonds. The second-order valence-electron chi connectivity index (χ2n) is 9.30. The first-order valence-electron chi connectivity index (χ1n) is 11.4. The number of aryl methyl sites for hydroxylation is 2. The third kappa shape index (κ3) is 3.92. The molecule has 2 aromatic rings. The van der Waals surface area contributed by atoms with Gasteiger partial charge in [-0.3, -0.25) is 9.59 Å². The molecular weight excluding hydrogens is 400 g/mol. The van der Waals surface area contributed by atoms with E-state index in [9.17, 15) is 14.7 Å². The van der Waals surface area contributed by atoms with Crippen molar-refractivity contribution in [1.29, 1.82) is 0 Å². The van der Waals surface area contributed by atoms with Crippen LogP contribution in [0.25, 0.3) is 5.76 Å². The highest BCUT2D eigenvalue weighted by Gasteiger charge is 2.48. The Balaban J connectivity index is 1.89. The van der Waals surface area contributed by atoms with E-state index < -0.39 is 17.7 Å². The molecule has 0 bridgehead atoms. The van der Waals surface area contributed by atoms with Crippen molar-refractivity contribution in [3.05, 3.63) is 70.3 Å². The van der Waals surface area contributed by atoms with Crippen LogP contribution in [0.15, 0.2) is 48.0 Å². The van der Waals surface area contributed by atoms with Crippen LogP contribution in [-0.4, -0.2) is 41.8 Å². The molecule has 32 heavy (non-hydrogen) atoms. The number of carbonyl (C=O) groups excluding carboxylic acids is 2. The van der Waals surface area contributed by atoms with E-state index in [1.807, 2.05) is 75.3 Å². The predicted molar refractivity (Wildman–Crippen MR) is 128 cm³/mol. The molecule has 5 nitrogen and oxygen atoms in total. The zero-order chi connectivity index (χ0) is 23.0. The van der Waals surface area contributed by atoms with Gasteiger partial charge < -0.3 is 14.9 Å². The van der Waals surface area contributed by atoms with E-state index in [-0.39, 0.29) is 17.4 Å². The molecule has 2 fully saturated rings. The lowest BCUT2D eigenvalue weighted by molar-refractivity contribution is -0.141. The number of carbonyl (C=O) groups is 2. The first kappa shape index (κ1) is 22.1. The molecular formula is C27H32N2O3. The summed E-state index contributed by atoms with van der Waals surface area (Å²) in [5.74, 6) is -1.16. The fourth-order valence-electron chi connectivity index (χ4n) is 5.00. The van der Waals surface area contributed by atoms with E-state index in [0.29, 0.717) is 5.56 Å². The molecule has 5 heteroatoms. The van der Waals surface area contributed by atoms with Crippen LogP contribution < -0.4 is 4.90 Å². The third-order valence-corrected chi connectivity index (χ3v) is 6.82. The topological polar surface area (TPSA) is 60.9 Å². The fraction of sp³-hybridized carbons (Fsp3) is 0.407. The van der Waals surface area contributed by atoms with Gasteiger partial charge in [0.1, 0.15) is 5.76 Å². The largest absolute Gasteiger partial charge is 0.507 e. The van der Waals surface area contributed by atoms with Crippen LogP contribution in [0.4, 0.5) is 5.69 Å². The monoisotopic (exact) mass is 432 g/mol. The van der Waals surface area contributed by atoms with Gasteiger partial charge in [-0.2, -0.15) is 0 Å². The second-order valence-corrected chi connectivity index (χ2v) is 9.30. The molecule has 0 aromatic heterocycles. The van der Waals surface area contributed by atoms with Crippen molar-refractivity contribution in [2.45, 2.75) is 58.0 Å². The Morgan fingerprint density at radius 3 is 2.25 bits per heavy atom. The van der Waals surface area contributed by atoms with Gasteiger partial charge in [-0.05, 0) is 56.0 Å². The van der Waals surface area contributed by atoms with Gasteiger partial charge >= 0.3 is 0 Å². The average molecular weight is 433 g/mol. The molecule has 2 aliphatic rings. The molecule has 1 saturated heterocycles. The molecule has 4 rings (SSSR count). The van der Waals surface area contributed by atoms with Gasteiger partial charge in [0.2, 0.25) is 0 Å². The van der Waals surface area contributed by atoms with Crippen LogP contribution in [0.2, 0.25) is 0 Å². The lowest BCUT2D eigenvalue weighted by Gasteiger charge is -2.35. The highest BCUT2D eigenvalue weighted by molar-refractivity contribution is 6.46. The number of anilines is 1. The minimum absolute atomic E-state index is 0.0163. The number of likely N-dealkylation sites (tertiary alicyclic amines) is 1. The lowest BCUT2D eigenvalue weighted by atomic mass is 9.90. The van der Waals surface area contributed by atoms with Crippen molar-refractivity contribution in [1.82, 2.24) is 4.90 Å². The summed E-state index contributed by atoms with van der Waals surface area (Å²) in [6, 6.07) is 13.2. The molecule has 1 atom stereocenters. The third-order valence-electron chi connectivity index (χ3n) is 6.82. The first-order valence-corrected chi connectivity index (χ1v) is 11.4. The number of rotatable bonds is 4. The van der Waals surface area contributed by atoms with E-state index >= 15 is 0 Å². The van der Waals surface area contributed by atoms with Crippen LogP contribution >= 0.6 is 0 Å². The van der Waals surface area contributed by atoms with Crippen molar-refractivity contribution in [2.24, 2.45) is 0 Å². The molecule has 0 radical (unpaired) electrons. The van der Waals surface area contributed by atoms with Gasteiger partial charge in [-0.1, -0.05) is 49.1 Å². The van der Waals surface area contributed by atoms with E-state index in [1.54, 1.807) is 4.90 Å². The summed E-state index contributed by atoms with van der Waals surface area (Å²) < 4.78 is 0. The predicted octanol–water partition coefficient (Wildman–Crippen LogP) is 5.12. The summed E-state index contributed by atoms with van der Waals surface area (Å²) in [5, 5.41) is 11.4. The normalized spacial score (nSPS) is 21.2. The summed E-state index contributed by atoms with van der Waals surface area (Å²) in [7, 11) is 3.95. The lowest BCUT2D eigenvalue weighted by Crippen LogP contribution is -2.40.